The number of rotatable bonds is 7. The highest BCUT2D eigenvalue weighted by Gasteiger charge is 2.10. The SMILES string of the molecule is COc1ccc(-c2cc(Nc3ccc(Oc4ccnc(C)c4)cc3)nc(N)n2)cc1OC. The van der Waals surface area contributed by atoms with Gasteiger partial charge in [0, 0.05) is 35.3 Å². The number of hydrogen-bond acceptors (Lipinski definition) is 8. The van der Waals surface area contributed by atoms with Crippen LogP contribution in [0.4, 0.5) is 17.5 Å². The number of nitrogen functional groups attached to an aromatic ring is 1. The maximum absolute atomic E-state index is 5.96. The average molecular weight is 429 g/mol. The minimum Gasteiger partial charge on any atom is -0.493 e. The van der Waals surface area contributed by atoms with Crippen molar-refractivity contribution < 1.29 is 14.2 Å². The van der Waals surface area contributed by atoms with Gasteiger partial charge in [0.1, 0.15) is 17.3 Å². The van der Waals surface area contributed by atoms with Crippen molar-refractivity contribution in [3.05, 3.63) is 72.6 Å². The molecule has 0 saturated heterocycles. The van der Waals surface area contributed by atoms with Crippen LogP contribution in [0.1, 0.15) is 5.69 Å². The predicted octanol–water partition coefficient (Wildman–Crippen LogP) is 4.98. The van der Waals surface area contributed by atoms with Gasteiger partial charge in [0.2, 0.25) is 5.95 Å². The largest absolute Gasteiger partial charge is 0.493 e. The lowest BCUT2D eigenvalue weighted by molar-refractivity contribution is 0.355. The zero-order valence-electron chi connectivity index (χ0n) is 18.0. The molecule has 0 aliphatic rings. The summed E-state index contributed by atoms with van der Waals surface area (Å²) >= 11 is 0. The van der Waals surface area contributed by atoms with Crippen LogP contribution in [0.2, 0.25) is 0 Å². The van der Waals surface area contributed by atoms with E-state index in [1.54, 1.807) is 20.4 Å². The van der Waals surface area contributed by atoms with Gasteiger partial charge in [-0.1, -0.05) is 0 Å². The van der Waals surface area contributed by atoms with E-state index in [-0.39, 0.29) is 5.95 Å². The van der Waals surface area contributed by atoms with Gasteiger partial charge in [0.25, 0.3) is 0 Å². The van der Waals surface area contributed by atoms with E-state index < -0.39 is 0 Å². The van der Waals surface area contributed by atoms with Crippen LogP contribution in [0.25, 0.3) is 11.3 Å². The molecule has 0 spiro atoms. The predicted molar refractivity (Wildman–Crippen MR) is 124 cm³/mol. The molecule has 2 aromatic heterocycles. The van der Waals surface area contributed by atoms with E-state index >= 15 is 0 Å². The Bertz CT molecular complexity index is 1230. The second-order valence-corrected chi connectivity index (χ2v) is 6.95. The Kier molecular flexibility index (Phi) is 6.03. The van der Waals surface area contributed by atoms with Crippen LogP contribution < -0.4 is 25.3 Å². The van der Waals surface area contributed by atoms with E-state index in [9.17, 15) is 0 Å². The Hall–Kier alpha value is -4.33. The number of nitrogens with zero attached hydrogens (tertiary/aromatic N) is 3. The molecule has 0 atom stereocenters. The maximum atomic E-state index is 5.96. The number of benzene rings is 2. The van der Waals surface area contributed by atoms with E-state index in [1.165, 1.54) is 0 Å². The number of nitrogens with two attached hydrogens (primary N) is 1. The molecule has 0 bridgehead atoms. The summed E-state index contributed by atoms with van der Waals surface area (Å²) in [5.41, 5.74) is 9.18. The van der Waals surface area contributed by atoms with Gasteiger partial charge in [-0.3, -0.25) is 4.98 Å². The second kappa shape index (κ2) is 9.22. The molecule has 0 fully saturated rings. The van der Waals surface area contributed by atoms with Crippen molar-refractivity contribution in [2.45, 2.75) is 6.92 Å². The van der Waals surface area contributed by atoms with Gasteiger partial charge in [-0.05, 0) is 55.5 Å². The fourth-order valence-electron chi connectivity index (χ4n) is 3.15. The Morgan fingerprint density at radius 1 is 0.812 bits per heavy atom. The molecule has 3 N–H and O–H groups in total. The fraction of sp³-hybridized carbons (Fsp3) is 0.125. The van der Waals surface area contributed by atoms with Gasteiger partial charge in [0.15, 0.2) is 11.5 Å². The van der Waals surface area contributed by atoms with E-state index in [2.05, 4.69) is 20.3 Å². The molecule has 32 heavy (non-hydrogen) atoms. The molecule has 2 aromatic carbocycles. The van der Waals surface area contributed by atoms with Crippen LogP contribution in [0.15, 0.2) is 66.9 Å². The minimum atomic E-state index is 0.160. The number of methoxy groups -OCH3 is 2. The van der Waals surface area contributed by atoms with Gasteiger partial charge in [0.05, 0.1) is 19.9 Å². The molecule has 162 valence electrons. The van der Waals surface area contributed by atoms with Crippen LogP contribution >= 0.6 is 0 Å². The first-order valence-corrected chi connectivity index (χ1v) is 9.88. The van der Waals surface area contributed by atoms with Gasteiger partial charge in [-0.15, -0.1) is 0 Å². The molecule has 0 aliphatic heterocycles. The number of pyridine rings is 1. The van der Waals surface area contributed by atoms with Crippen LogP contribution in [0, 0.1) is 6.92 Å². The van der Waals surface area contributed by atoms with Crippen molar-refractivity contribution in [3.8, 4) is 34.3 Å². The van der Waals surface area contributed by atoms with Gasteiger partial charge >= 0.3 is 0 Å². The van der Waals surface area contributed by atoms with Crippen molar-refractivity contribution >= 4 is 17.5 Å². The van der Waals surface area contributed by atoms with Crippen LogP contribution in [0.5, 0.6) is 23.0 Å². The molecule has 4 aromatic rings. The number of hydrogen-bond donors (Lipinski definition) is 2. The smallest absolute Gasteiger partial charge is 0.222 e. The molecular formula is C24H23N5O3. The lowest BCUT2D eigenvalue weighted by atomic mass is 10.1. The van der Waals surface area contributed by atoms with Crippen molar-refractivity contribution in [1.29, 1.82) is 0 Å². The molecule has 8 heteroatoms. The molecule has 8 nitrogen and oxygen atoms in total. The summed E-state index contributed by atoms with van der Waals surface area (Å²) in [6, 6.07) is 18.6. The lowest BCUT2D eigenvalue weighted by Crippen LogP contribution is -2.01. The van der Waals surface area contributed by atoms with Gasteiger partial charge in [-0.25, -0.2) is 4.98 Å². The summed E-state index contributed by atoms with van der Waals surface area (Å²) in [6.07, 6.45) is 1.72. The number of anilines is 3. The number of aromatic nitrogens is 3. The molecule has 4 rings (SSSR count). The van der Waals surface area contributed by atoms with E-state index in [0.717, 1.165) is 28.4 Å². The summed E-state index contributed by atoms with van der Waals surface area (Å²) in [4.78, 5) is 12.8. The highest BCUT2D eigenvalue weighted by Crippen LogP contribution is 2.33. The van der Waals surface area contributed by atoms with Crippen molar-refractivity contribution in [2.75, 3.05) is 25.3 Å². The maximum Gasteiger partial charge on any atom is 0.222 e. The molecule has 0 radical (unpaired) electrons. The topological polar surface area (TPSA) is 104 Å². The van der Waals surface area contributed by atoms with Gasteiger partial charge in [-0.2, -0.15) is 4.98 Å². The quantitative estimate of drug-likeness (QED) is 0.424. The third kappa shape index (κ3) is 4.86. The van der Waals surface area contributed by atoms with Crippen LogP contribution in [-0.2, 0) is 0 Å². The molecule has 2 heterocycles. The molecule has 0 saturated carbocycles. The van der Waals surface area contributed by atoms with E-state index in [4.69, 9.17) is 19.9 Å². The monoisotopic (exact) mass is 429 g/mol. The minimum absolute atomic E-state index is 0.160. The Labute approximate surface area is 186 Å². The highest BCUT2D eigenvalue weighted by molar-refractivity contribution is 5.69. The Morgan fingerprint density at radius 2 is 1.59 bits per heavy atom. The standard InChI is InChI=1S/C24H23N5O3/c1-15-12-19(10-11-26-15)32-18-7-5-17(6-8-18)27-23-14-20(28-24(25)29-23)16-4-9-21(30-2)22(13-16)31-3/h4-14H,1-3H3,(H3,25,27,28,29). The van der Waals surface area contributed by atoms with E-state index in [0.29, 0.717) is 23.0 Å². The van der Waals surface area contributed by atoms with Crippen molar-refractivity contribution in [3.63, 3.8) is 0 Å². The molecule has 0 unspecified atom stereocenters. The summed E-state index contributed by atoms with van der Waals surface area (Å²) in [7, 11) is 3.18. The molecule has 0 amide bonds. The number of ether oxygens (including phenoxy) is 3. The fourth-order valence-corrected chi connectivity index (χ4v) is 3.15. The summed E-state index contributed by atoms with van der Waals surface area (Å²) < 4.78 is 16.5. The molecular weight excluding hydrogens is 406 g/mol. The first-order valence-electron chi connectivity index (χ1n) is 9.88. The highest BCUT2D eigenvalue weighted by atomic mass is 16.5. The van der Waals surface area contributed by atoms with E-state index in [1.807, 2.05) is 67.6 Å². The summed E-state index contributed by atoms with van der Waals surface area (Å²) in [5, 5.41) is 3.25. The average Bonchev–Trinajstić information content (AvgIpc) is 2.79. The summed E-state index contributed by atoms with van der Waals surface area (Å²) in [5.74, 6) is 3.43. The zero-order valence-corrected chi connectivity index (χ0v) is 18.0. The zero-order chi connectivity index (χ0) is 22.5. The lowest BCUT2D eigenvalue weighted by Gasteiger charge is -2.12. The van der Waals surface area contributed by atoms with Crippen molar-refractivity contribution in [2.24, 2.45) is 0 Å². The Balaban J connectivity index is 1.53. The first-order chi connectivity index (χ1) is 15.5. The summed E-state index contributed by atoms with van der Waals surface area (Å²) in [6.45, 7) is 1.92. The van der Waals surface area contributed by atoms with Gasteiger partial charge < -0.3 is 25.3 Å². The third-order valence-corrected chi connectivity index (χ3v) is 4.65. The van der Waals surface area contributed by atoms with Crippen LogP contribution in [0.3, 0.4) is 0 Å². The molecule has 0 aliphatic carbocycles. The third-order valence-electron chi connectivity index (χ3n) is 4.65. The Morgan fingerprint density at radius 3 is 2.31 bits per heavy atom. The second-order valence-electron chi connectivity index (χ2n) is 6.95. The van der Waals surface area contributed by atoms with Crippen LogP contribution in [-0.4, -0.2) is 29.2 Å². The van der Waals surface area contributed by atoms with Crippen molar-refractivity contribution in [1.82, 2.24) is 15.0 Å². The number of nitrogens with one attached hydrogen (secondary N) is 1. The first kappa shape index (κ1) is 20.9. The normalized spacial score (nSPS) is 10.5. The number of aryl methyl sites for hydroxylation is 1.